The van der Waals surface area contributed by atoms with Gasteiger partial charge >= 0.3 is 0 Å². The summed E-state index contributed by atoms with van der Waals surface area (Å²) in [6.45, 7) is 6.92. The maximum absolute atomic E-state index is 12.3. The molecule has 0 spiro atoms. The fourth-order valence-electron chi connectivity index (χ4n) is 2.25. The first kappa shape index (κ1) is 14.4. The molecule has 1 aliphatic carbocycles. The van der Waals surface area contributed by atoms with Crippen molar-refractivity contribution in [2.75, 3.05) is 6.54 Å². The van der Waals surface area contributed by atoms with Gasteiger partial charge in [0.05, 0.1) is 5.38 Å². The van der Waals surface area contributed by atoms with Gasteiger partial charge in [-0.3, -0.25) is 4.79 Å². The van der Waals surface area contributed by atoms with Crippen LogP contribution in [0.25, 0.3) is 0 Å². The van der Waals surface area contributed by atoms with Crippen molar-refractivity contribution >= 4 is 17.5 Å². The van der Waals surface area contributed by atoms with E-state index in [4.69, 9.17) is 11.6 Å². The van der Waals surface area contributed by atoms with Gasteiger partial charge < -0.3 is 5.32 Å². The lowest BCUT2D eigenvalue weighted by molar-refractivity contribution is 0.0951. The number of hydrogen-bond donors (Lipinski definition) is 1. The van der Waals surface area contributed by atoms with Crippen molar-refractivity contribution in [3.8, 4) is 0 Å². The highest BCUT2D eigenvalue weighted by Gasteiger charge is 2.30. The molecule has 0 heterocycles. The Bertz CT molecular complexity index is 460. The summed E-state index contributed by atoms with van der Waals surface area (Å²) >= 11 is 6.22. The summed E-state index contributed by atoms with van der Waals surface area (Å²) in [5.74, 6) is 0.580. The van der Waals surface area contributed by atoms with Crippen LogP contribution >= 0.6 is 11.6 Å². The number of halogens is 1. The van der Waals surface area contributed by atoms with Crippen LogP contribution in [-0.2, 0) is 5.41 Å². The molecule has 2 rings (SSSR count). The quantitative estimate of drug-likeness (QED) is 0.836. The van der Waals surface area contributed by atoms with E-state index < -0.39 is 0 Å². The number of rotatable bonds is 4. The third kappa shape index (κ3) is 3.73. The Labute approximate surface area is 120 Å². The summed E-state index contributed by atoms with van der Waals surface area (Å²) in [5, 5.41) is 3.04. The molecule has 19 heavy (non-hydrogen) atoms. The van der Waals surface area contributed by atoms with Crippen molar-refractivity contribution in [1.29, 1.82) is 0 Å². The smallest absolute Gasteiger partial charge is 0.251 e. The van der Waals surface area contributed by atoms with Crippen LogP contribution in [0.3, 0.4) is 0 Å². The van der Waals surface area contributed by atoms with Crippen LogP contribution in [0.1, 0.15) is 49.5 Å². The molecule has 1 amide bonds. The standard InChI is InChI=1S/C16H22ClNO/c1-16(2,3)13-7-5-4-6-12(13)15(19)18-10-14(17)11-8-9-11/h4-7,11,14H,8-10H2,1-3H3,(H,18,19). The zero-order valence-corrected chi connectivity index (χ0v) is 12.6. The highest BCUT2D eigenvalue weighted by Crippen LogP contribution is 2.35. The van der Waals surface area contributed by atoms with Gasteiger partial charge in [0.25, 0.3) is 5.91 Å². The molecule has 2 nitrogen and oxygen atoms in total. The second-order valence-electron chi connectivity index (χ2n) is 6.36. The van der Waals surface area contributed by atoms with Gasteiger partial charge in [-0.1, -0.05) is 39.0 Å². The van der Waals surface area contributed by atoms with Crippen molar-refractivity contribution in [3.63, 3.8) is 0 Å². The van der Waals surface area contributed by atoms with E-state index in [0.717, 1.165) is 11.1 Å². The van der Waals surface area contributed by atoms with E-state index in [2.05, 4.69) is 26.1 Å². The Morgan fingerprint density at radius 3 is 2.58 bits per heavy atom. The molecular formula is C16H22ClNO. The molecule has 1 aromatic carbocycles. The summed E-state index contributed by atoms with van der Waals surface area (Å²) in [4.78, 5) is 12.3. The van der Waals surface area contributed by atoms with Crippen LogP contribution in [-0.4, -0.2) is 17.8 Å². The van der Waals surface area contributed by atoms with Gasteiger partial charge in [0.1, 0.15) is 0 Å². The average molecular weight is 280 g/mol. The molecule has 104 valence electrons. The number of alkyl halides is 1. The molecule has 1 aliphatic rings. The van der Waals surface area contributed by atoms with Crippen LogP contribution in [0.15, 0.2) is 24.3 Å². The van der Waals surface area contributed by atoms with Crippen molar-refractivity contribution in [2.24, 2.45) is 5.92 Å². The number of carbonyl (C=O) groups excluding carboxylic acids is 1. The third-order valence-electron chi connectivity index (χ3n) is 3.57. The normalized spacial score (nSPS) is 17.1. The molecule has 0 aromatic heterocycles. The number of carbonyl (C=O) groups is 1. The third-order valence-corrected chi connectivity index (χ3v) is 4.08. The molecular weight excluding hydrogens is 258 g/mol. The SMILES string of the molecule is CC(C)(C)c1ccccc1C(=O)NCC(Cl)C1CC1. The summed E-state index contributed by atoms with van der Waals surface area (Å²) in [6.07, 6.45) is 2.39. The Balaban J connectivity index is 2.06. The van der Waals surface area contributed by atoms with Crippen molar-refractivity contribution in [2.45, 2.75) is 44.4 Å². The molecule has 1 aromatic rings. The van der Waals surface area contributed by atoms with Gasteiger partial charge in [0.15, 0.2) is 0 Å². The van der Waals surface area contributed by atoms with Gasteiger partial charge in [-0.25, -0.2) is 0 Å². The van der Waals surface area contributed by atoms with Gasteiger partial charge in [0, 0.05) is 12.1 Å². The lowest BCUT2D eigenvalue weighted by atomic mass is 9.83. The summed E-state index contributed by atoms with van der Waals surface area (Å²) in [5.41, 5.74) is 1.80. The van der Waals surface area contributed by atoms with Gasteiger partial charge in [0.2, 0.25) is 0 Å². The largest absolute Gasteiger partial charge is 0.351 e. The number of hydrogen-bond acceptors (Lipinski definition) is 1. The minimum atomic E-state index is -0.0369. The Kier molecular flexibility index (Phi) is 4.19. The highest BCUT2D eigenvalue weighted by molar-refractivity contribution is 6.21. The average Bonchev–Trinajstić information content (AvgIpc) is 3.18. The van der Waals surface area contributed by atoms with Crippen LogP contribution in [0.4, 0.5) is 0 Å². The lowest BCUT2D eigenvalue weighted by Crippen LogP contribution is -2.32. The van der Waals surface area contributed by atoms with Crippen molar-refractivity contribution in [3.05, 3.63) is 35.4 Å². The second kappa shape index (κ2) is 5.54. The second-order valence-corrected chi connectivity index (χ2v) is 6.92. The molecule has 3 heteroatoms. The minimum Gasteiger partial charge on any atom is -0.351 e. The zero-order chi connectivity index (χ0) is 14.0. The minimum absolute atomic E-state index is 0.0168. The van der Waals surface area contributed by atoms with E-state index in [1.165, 1.54) is 12.8 Å². The van der Waals surface area contributed by atoms with Gasteiger partial charge in [-0.15, -0.1) is 11.6 Å². The molecule has 0 radical (unpaired) electrons. The van der Waals surface area contributed by atoms with E-state index in [1.54, 1.807) is 0 Å². The first-order valence-electron chi connectivity index (χ1n) is 6.91. The molecule has 0 bridgehead atoms. The topological polar surface area (TPSA) is 29.1 Å². The van der Waals surface area contributed by atoms with Crippen LogP contribution < -0.4 is 5.32 Å². The maximum atomic E-state index is 12.3. The predicted molar refractivity (Wildman–Crippen MR) is 79.8 cm³/mol. The number of benzene rings is 1. The van der Waals surface area contributed by atoms with Crippen LogP contribution in [0, 0.1) is 5.92 Å². The molecule has 0 saturated heterocycles. The van der Waals surface area contributed by atoms with E-state index in [9.17, 15) is 4.79 Å². The summed E-state index contributed by atoms with van der Waals surface area (Å²) in [6, 6.07) is 7.79. The van der Waals surface area contributed by atoms with E-state index in [0.29, 0.717) is 12.5 Å². The summed E-state index contributed by atoms with van der Waals surface area (Å²) < 4.78 is 0. The molecule has 1 fully saturated rings. The van der Waals surface area contributed by atoms with Crippen LogP contribution in [0.2, 0.25) is 0 Å². The Morgan fingerprint density at radius 2 is 2.00 bits per heavy atom. The zero-order valence-electron chi connectivity index (χ0n) is 11.9. The monoisotopic (exact) mass is 279 g/mol. The van der Waals surface area contributed by atoms with Crippen molar-refractivity contribution < 1.29 is 4.79 Å². The lowest BCUT2D eigenvalue weighted by Gasteiger charge is -2.22. The van der Waals surface area contributed by atoms with Crippen molar-refractivity contribution in [1.82, 2.24) is 5.32 Å². The van der Waals surface area contributed by atoms with E-state index >= 15 is 0 Å². The first-order valence-corrected chi connectivity index (χ1v) is 7.35. The molecule has 1 unspecified atom stereocenters. The fourth-order valence-corrected chi connectivity index (χ4v) is 2.57. The first-order chi connectivity index (χ1) is 8.89. The van der Waals surface area contributed by atoms with E-state index in [1.807, 2.05) is 24.3 Å². The van der Waals surface area contributed by atoms with Crippen LogP contribution in [0.5, 0.6) is 0 Å². The fraction of sp³-hybridized carbons (Fsp3) is 0.562. The predicted octanol–water partition coefficient (Wildman–Crippen LogP) is 3.73. The molecule has 1 saturated carbocycles. The Morgan fingerprint density at radius 1 is 1.37 bits per heavy atom. The molecule has 0 aliphatic heterocycles. The molecule has 1 N–H and O–H groups in total. The van der Waals surface area contributed by atoms with Gasteiger partial charge in [-0.2, -0.15) is 0 Å². The van der Waals surface area contributed by atoms with Gasteiger partial charge in [-0.05, 0) is 35.8 Å². The Hall–Kier alpha value is -1.02. The maximum Gasteiger partial charge on any atom is 0.251 e. The number of nitrogens with one attached hydrogen (secondary N) is 1. The highest BCUT2D eigenvalue weighted by atomic mass is 35.5. The number of amides is 1. The van der Waals surface area contributed by atoms with E-state index in [-0.39, 0.29) is 16.7 Å². The summed E-state index contributed by atoms with van der Waals surface area (Å²) in [7, 11) is 0. The molecule has 1 atom stereocenters.